The van der Waals surface area contributed by atoms with Crippen LogP contribution in [0, 0.1) is 0 Å². The minimum absolute atomic E-state index is 0.253. The number of benzene rings is 1. The van der Waals surface area contributed by atoms with Crippen molar-refractivity contribution < 1.29 is 4.57 Å². The first-order valence-corrected chi connectivity index (χ1v) is 8.92. The Bertz CT molecular complexity index is 642. The lowest BCUT2D eigenvalue weighted by Gasteiger charge is -2.37. The molecular formula is C18H23OP. The fourth-order valence-corrected chi connectivity index (χ4v) is 5.78. The van der Waals surface area contributed by atoms with E-state index in [2.05, 4.69) is 45.6 Å². The van der Waals surface area contributed by atoms with Gasteiger partial charge >= 0.3 is 0 Å². The topological polar surface area (TPSA) is 17.1 Å². The first-order valence-electron chi connectivity index (χ1n) is 7.02. The van der Waals surface area contributed by atoms with Gasteiger partial charge in [0, 0.05) is 16.6 Å². The van der Waals surface area contributed by atoms with Gasteiger partial charge in [-0.25, -0.2) is 0 Å². The number of fused-ring (bicyclic) bond motifs is 1. The van der Waals surface area contributed by atoms with Crippen LogP contribution in [0.25, 0.3) is 5.57 Å². The van der Waals surface area contributed by atoms with Gasteiger partial charge in [-0.1, -0.05) is 69.8 Å². The van der Waals surface area contributed by atoms with Gasteiger partial charge in [-0.05, 0) is 23.6 Å². The summed E-state index contributed by atoms with van der Waals surface area (Å²) in [6.07, 6.45) is 6.51. The Morgan fingerprint density at radius 1 is 1.25 bits per heavy atom. The van der Waals surface area contributed by atoms with Crippen molar-refractivity contribution in [2.24, 2.45) is 0 Å². The van der Waals surface area contributed by atoms with Crippen LogP contribution in [0.3, 0.4) is 0 Å². The smallest absolute Gasteiger partial charge is 0.125 e. The third-order valence-electron chi connectivity index (χ3n) is 3.98. The summed E-state index contributed by atoms with van der Waals surface area (Å²) in [5, 5.41) is 0.679. The summed E-state index contributed by atoms with van der Waals surface area (Å²) in [5.74, 6) is 0. The molecule has 0 spiro atoms. The molecule has 20 heavy (non-hydrogen) atoms. The van der Waals surface area contributed by atoms with Gasteiger partial charge in [-0.3, -0.25) is 0 Å². The van der Waals surface area contributed by atoms with Gasteiger partial charge in [0.15, 0.2) is 0 Å². The van der Waals surface area contributed by atoms with Crippen molar-refractivity contribution in [2.75, 3.05) is 0 Å². The van der Waals surface area contributed by atoms with E-state index in [1.165, 1.54) is 11.1 Å². The molecule has 106 valence electrons. The van der Waals surface area contributed by atoms with Crippen molar-refractivity contribution in [3.05, 3.63) is 65.5 Å². The second-order valence-electron chi connectivity index (χ2n) is 6.23. The Labute approximate surface area is 122 Å². The van der Waals surface area contributed by atoms with E-state index in [9.17, 15) is 4.57 Å². The summed E-state index contributed by atoms with van der Waals surface area (Å²) in [6, 6.07) is 8.27. The molecule has 2 rings (SSSR count). The first-order chi connectivity index (χ1) is 9.35. The molecule has 0 bridgehead atoms. The van der Waals surface area contributed by atoms with Crippen LogP contribution in [0.15, 0.2) is 54.4 Å². The second kappa shape index (κ2) is 5.22. The largest absolute Gasteiger partial charge is 0.318 e. The van der Waals surface area contributed by atoms with E-state index in [1.54, 1.807) is 6.08 Å². The quantitative estimate of drug-likeness (QED) is 0.625. The molecule has 0 fully saturated rings. The summed E-state index contributed by atoms with van der Waals surface area (Å²) >= 11 is 0. The van der Waals surface area contributed by atoms with Crippen LogP contribution in [0.2, 0.25) is 0 Å². The van der Waals surface area contributed by atoms with Gasteiger partial charge < -0.3 is 4.57 Å². The molecule has 1 nitrogen and oxygen atoms in total. The standard InChI is InChI=1S/C18H23OP/c1-6-10-16-15-12-9-8-11-14(15)13-20(19,17(16)7-2)18(3,4)5/h6-12H,2,13H2,1,3-5H3/b10-6-. The maximum absolute atomic E-state index is 13.7. The van der Waals surface area contributed by atoms with Gasteiger partial charge in [0.2, 0.25) is 0 Å². The summed E-state index contributed by atoms with van der Waals surface area (Å²) in [4.78, 5) is 0. The molecule has 1 unspecified atom stereocenters. The molecule has 2 heteroatoms. The highest BCUT2D eigenvalue weighted by atomic mass is 31.2. The molecule has 0 amide bonds. The zero-order valence-corrected chi connectivity index (χ0v) is 13.7. The van der Waals surface area contributed by atoms with Gasteiger partial charge in [-0.15, -0.1) is 0 Å². The number of hydrogen-bond acceptors (Lipinski definition) is 1. The van der Waals surface area contributed by atoms with Crippen LogP contribution < -0.4 is 0 Å². The molecule has 0 saturated carbocycles. The molecule has 1 heterocycles. The normalized spacial score (nSPS) is 23.0. The summed E-state index contributed by atoms with van der Waals surface area (Å²) in [7, 11) is -2.52. The molecule has 1 aromatic rings. The highest BCUT2D eigenvalue weighted by Gasteiger charge is 2.42. The van der Waals surface area contributed by atoms with Crippen molar-refractivity contribution in [3.63, 3.8) is 0 Å². The lowest BCUT2D eigenvalue weighted by atomic mass is 9.99. The van der Waals surface area contributed by atoms with E-state index < -0.39 is 7.14 Å². The first kappa shape index (κ1) is 15.1. The van der Waals surface area contributed by atoms with E-state index in [-0.39, 0.29) is 5.16 Å². The molecule has 1 aliphatic heterocycles. The molecule has 0 radical (unpaired) electrons. The van der Waals surface area contributed by atoms with E-state index in [0.717, 1.165) is 10.9 Å². The molecule has 0 N–H and O–H groups in total. The molecule has 1 aliphatic rings. The van der Waals surface area contributed by atoms with Crippen molar-refractivity contribution in [2.45, 2.75) is 39.0 Å². The van der Waals surface area contributed by atoms with E-state index >= 15 is 0 Å². The minimum atomic E-state index is -2.52. The number of hydrogen-bond donors (Lipinski definition) is 0. The van der Waals surface area contributed by atoms with Crippen molar-refractivity contribution in [1.29, 1.82) is 0 Å². The molecule has 0 aromatic heterocycles. The third kappa shape index (κ3) is 2.25. The summed E-state index contributed by atoms with van der Waals surface area (Å²) in [6.45, 7) is 12.1. The monoisotopic (exact) mass is 286 g/mol. The van der Waals surface area contributed by atoms with Crippen LogP contribution in [-0.2, 0) is 10.7 Å². The number of rotatable bonds is 2. The summed E-state index contributed by atoms with van der Waals surface area (Å²) < 4.78 is 13.7. The Balaban J connectivity index is 2.83. The average Bonchev–Trinajstić information content (AvgIpc) is 2.38. The highest BCUT2D eigenvalue weighted by Crippen LogP contribution is 2.70. The lowest BCUT2D eigenvalue weighted by Crippen LogP contribution is -2.20. The maximum atomic E-state index is 13.7. The predicted molar refractivity (Wildman–Crippen MR) is 89.4 cm³/mol. The highest BCUT2D eigenvalue weighted by molar-refractivity contribution is 7.69. The maximum Gasteiger partial charge on any atom is 0.125 e. The molecule has 1 atom stereocenters. The van der Waals surface area contributed by atoms with E-state index in [0.29, 0.717) is 6.16 Å². The van der Waals surface area contributed by atoms with Crippen LogP contribution >= 0.6 is 7.14 Å². The molecular weight excluding hydrogens is 263 g/mol. The summed E-state index contributed by atoms with van der Waals surface area (Å²) in [5.41, 5.74) is 3.45. The van der Waals surface area contributed by atoms with E-state index in [1.807, 2.05) is 25.1 Å². The molecule has 0 saturated heterocycles. The van der Waals surface area contributed by atoms with Crippen LogP contribution in [0.5, 0.6) is 0 Å². The average molecular weight is 286 g/mol. The van der Waals surface area contributed by atoms with Crippen molar-refractivity contribution in [3.8, 4) is 0 Å². The van der Waals surface area contributed by atoms with Gasteiger partial charge in [0.05, 0.1) is 0 Å². The lowest BCUT2D eigenvalue weighted by molar-refractivity contribution is 0.552. The van der Waals surface area contributed by atoms with Gasteiger partial charge in [-0.2, -0.15) is 0 Å². The van der Waals surface area contributed by atoms with E-state index in [4.69, 9.17) is 0 Å². The van der Waals surface area contributed by atoms with Gasteiger partial charge in [0.25, 0.3) is 0 Å². The van der Waals surface area contributed by atoms with Crippen LogP contribution in [0.4, 0.5) is 0 Å². The zero-order chi connectivity index (χ0) is 15.0. The zero-order valence-electron chi connectivity index (χ0n) is 12.8. The Morgan fingerprint density at radius 3 is 2.45 bits per heavy atom. The predicted octanol–water partition coefficient (Wildman–Crippen LogP) is 5.84. The van der Waals surface area contributed by atoms with Gasteiger partial charge in [0.1, 0.15) is 7.14 Å². The fourth-order valence-electron chi connectivity index (χ4n) is 2.78. The van der Waals surface area contributed by atoms with Crippen LogP contribution in [0.1, 0.15) is 38.8 Å². The fraction of sp³-hybridized carbons (Fsp3) is 0.333. The SMILES string of the molecule is C=CC1=C(/C=C\C)c2ccccc2CP1(=O)C(C)(C)C. The second-order valence-corrected chi connectivity index (χ2v) is 9.85. The number of allylic oxidation sites excluding steroid dienone is 5. The third-order valence-corrected chi connectivity index (χ3v) is 8.13. The molecule has 1 aromatic carbocycles. The Morgan fingerprint density at radius 2 is 1.90 bits per heavy atom. The molecule has 0 aliphatic carbocycles. The van der Waals surface area contributed by atoms with Crippen molar-refractivity contribution in [1.82, 2.24) is 0 Å². The van der Waals surface area contributed by atoms with Crippen LogP contribution in [-0.4, -0.2) is 5.16 Å². The Kier molecular flexibility index (Phi) is 3.93. The Hall–Kier alpha value is -1.33. The van der Waals surface area contributed by atoms with Crippen molar-refractivity contribution >= 4 is 12.7 Å². The minimum Gasteiger partial charge on any atom is -0.318 e.